The Morgan fingerprint density at radius 1 is 1.25 bits per heavy atom. The molecule has 0 amide bonds. The van der Waals surface area contributed by atoms with Gasteiger partial charge >= 0.3 is 0 Å². The van der Waals surface area contributed by atoms with Crippen LogP contribution in [0, 0.1) is 0 Å². The Kier molecular flexibility index (Phi) is 6.63. The van der Waals surface area contributed by atoms with E-state index in [4.69, 9.17) is 0 Å². The summed E-state index contributed by atoms with van der Waals surface area (Å²) < 4.78 is 0. The predicted molar refractivity (Wildman–Crippen MR) is 48.8 cm³/mol. The second-order valence-electron chi connectivity index (χ2n) is 1.88. The Morgan fingerprint density at radius 3 is 1.88 bits per heavy atom. The molecule has 0 bridgehead atoms. The van der Waals surface area contributed by atoms with Gasteiger partial charge in [0.2, 0.25) is 0 Å². The third-order valence-corrected chi connectivity index (χ3v) is 5.05. The summed E-state index contributed by atoms with van der Waals surface area (Å²) in [5.41, 5.74) is 0. The summed E-state index contributed by atoms with van der Waals surface area (Å²) in [4.78, 5) is 0. The SMILES string of the molecule is CCP(CC)CC[PH3+]. The molecule has 0 radical (unpaired) electrons. The van der Waals surface area contributed by atoms with E-state index in [1.807, 2.05) is 0 Å². The molecule has 0 aliphatic rings. The third kappa shape index (κ3) is 3.81. The van der Waals surface area contributed by atoms with E-state index in [0.29, 0.717) is 7.92 Å². The van der Waals surface area contributed by atoms with Gasteiger partial charge in [0.1, 0.15) is 0 Å². The second kappa shape index (κ2) is 5.99. The van der Waals surface area contributed by atoms with E-state index in [-0.39, 0.29) is 0 Å². The molecule has 1 unspecified atom stereocenters. The van der Waals surface area contributed by atoms with Crippen LogP contribution in [0.1, 0.15) is 13.8 Å². The smallest absolute Gasteiger partial charge is 0.0565 e. The maximum absolute atomic E-state index is 2.31. The Bertz CT molecular complexity index is 41.8. The van der Waals surface area contributed by atoms with Crippen LogP contribution in [-0.2, 0) is 0 Å². The summed E-state index contributed by atoms with van der Waals surface area (Å²) in [5, 5.41) is 0. The van der Waals surface area contributed by atoms with E-state index in [0.717, 1.165) is 0 Å². The van der Waals surface area contributed by atoms with Gasteiger partial charge in [-0.1, -0.05) is 13.8 Å². The molecule has 0 aromatic carbocycles. The summed E-state index contributed by atoms with van der Waals surface area (Å²) in [7, 11) is 2.56. The molecule has 0 aliphatic carbocycles. The minimum atomic E-state index is 0.451. The van der Waals surface area contributed by atoms with Gasteiger partial charge in [0.25, 0.3) is 0 Å². The summed E-state index contributed by atoms with van der Waals surface area (Å²) in [6.07, 6.45) is 5.78. The van der Waals surface area contributed by atoms with Crippen molar-refractivity contribution in [2.24, 2.45) is 0 Å². The largest absolute Gasteiger partial charge is 0.104 e. The van der Waals surface area contributed by atoms with Crippen LogP contribution >= 0.6 is 17.2 Å². The summed E-state index contributed by atoms with van der Waals surface area (Å²) in [6, 6.07) is 0. The Labute approximate surface area is 56.4 Å². The van der Waals surface area contributed by atoms with E-state index >= 15 is 0 Å². The second-order valence-corrected chi connectivity index (χ2v) is 5.64. The normalized spacial score (nSPS) is 10.9. The number of hydrogen-bond acceptors (Lipinski definition) is 0. The lowest BCUT2D eigenvalue weighted by atomic mass is 10.9. The lowest BCUT2D eigenvalue weighted by Crippen LogP contribution is -1.89. The van der Waals surface area contributed by atoms with Crippen LogP contribution in [0.2, 0.25) is 0 Å². The molecular formula is C6H17P2+. The molecule has 0 aromatic heterocycles. The van der Waals surface area contributed by atoms with Crippen LogP contribution in [0.4, 0.5) is 0 Å². The Hall–Kier alpha value is 0.860. The first-order valence-corrected chi connectivity index (χ1v) is 6.26. The average molecular weight is 151 g/mol. The monoisotopic (exact) mass is 151 g/mol. The van der Waals surface area contributed by atoms with Crippen molar-refractivity contribution in [3.63, 3.8) is 0 Å². The fourth-order valence-corrected chi connectivity index (χ4v) is 3.63. The van der Waals surface area contributed by atoms with E-state index in [1.54, 1.807) is 0 Å². The van der Waals surface area contributed by atoms with Crippen LogP contribution in [0.25, 0.3) is 0 Å². The fourth-order valence-electron chi connectivity index (χ4n) is 0.763. The number of rotatable bonds is 4. The standard InChI is InChI=1S/C6H16P2/c1-3-8(4-2)6-5-7/h3-7H2,1-2H3/p+1. The van der Waals surface area contributed by atoms with Crippen LogP contribution in [0.5, 0.6) is 0 Å². The molecule has 0 N–H and O–H groups in total. The van der Waals surface area contributed by atoms with Gasteiger partial charge < -0.3 is 0 Å². The van der Waals surface area contributed by atoms with Crippen LogP contribution in [-0.4, -0.2) is 24.6 Å². The molecule has 2 heteroatoms. The van der Waals surface area contributed by atoms with E-state index in [9.17, 15) is 0 Å². The van der Waals surface area contributed by atoms with Crippen molar-refractivity contribution in [2.75, 3.05) is 24.6 Å². The van der Waals surface area contributed by atoms with E-state index in [2.05, 4.69) is 23.1 Å². The fraction of sp³-hybridized carbons (Fsp3) is 1.00. The lowest BCUT2D eigenvalue weighted by Gasteiger charge is -2.08. The first-order chi connectivity index (χ1) is 3.85. The quantitative estimate of drug-likeness (QED) is 0.540. The maximum atomic E-state index is 2.31. The van der Waals surface area contributed by atoms with Crippen molar-refractivity contribution in [1.82, 2.24) is 0 Å². The van der Waals surface area contributed by atoms with E-state index in [1.165, 1.54) is 24.6 Å². The van der Waals surface area contributed by atoms with Gasteiger partial charge in [-0.05, 0) is 21.6 Å². The van der Waals surface area contributed by atoms with Gasteiger partial charge in [-0.2, -0.15) is 0 Å². The molecule has 0 aromatic rings. The summed E-state index contributed by atoms with van der Waals surface area (Å²) in [6.45, 7) is 4.63. The van der Waals surface area contributed by atoms with Gasteiger partial charge in [-0.15, -0.1) is 7.92 Å². The molecule has 50 valence electrons. The highest BCUT2D eigenvalue weighted by atomic mass is 31.1. The Morgan fingerprint density at radius 2 is 1.75 bits per heavy atom. The van der Waals surface area contributed by atoms with Crippen LogP contribution in [0.15, 0.2) is 0 Å². The molecule has 0 spiro atoms. The molecular weight excluding hydrogens is 134 g/mol. The Balaban J connectivity index is 3.07. The van der Waals surface area contributed by atoms with Gasteiger partial charge in [0.15, 0.2) is 0 Å². The van der Waals surface area contributed by atoms with Crippen LogP contribution in [0.3, 0.4) is 0 Å². The minimum absolute atomic E-state index is 0.451. The first-order valence-electron chi connectivity index (χ1n) is 3.36. The molecule has 0 saturated heterocycles. The molecule has 0 saturated carbocycles. The maximum Gasteiger partial charge on any atom is 0.0565 e. The van der Waals surface area contributed by atoms with Crippen molar-refractivity contribution in [2.45, 2.75) is 13.8 Å². The third-order valence-electron chi connectivity index (χ3n) is 1.37. The lowest BCUT2D eigenvalue weighted by molar-refractivity contribution is 1.36. The number of hydrogen-bond donors (Lipinski definition) is 0. The van der Waals surface area contributed by atoms with Gasteiger partial charge in [-0.25, -0.2) is 0 Å². The first kappa shape index (κ1) is 8.86. The molecule has 1 atom stereocenters. The van der Waals surface area contributed by atoms with Gasteiger partial charge in [-0.3, -0.25) is 0 Å². The van der Waals surface area contributed by atoms with Gasteiger partial charge in [0, 0.05) is 6.16 Å². The van der Waals surface area contributed by atoms with Crippen molar-refractivity contribution in [1.29, 1.82) is 0 Å². The molecule has 0 rings (SSSR count). The molecule has 0 fully saturated rings. The average Bonchev–Trinajstić information content (AvgIpc) is 1.83. The zero-order valence-corrected chi connectivity index (χ0v) is 8.29. The van der Waals surface area contributed by atoms with Crippen LogP contribution < -0.4 is 0 Å². The van der Waals surface area contributed by atoms with Crippen molar-refractivity contribution < 1.29 is 0 Å². The summed E-state index contributed by atoms with van der Waals surface area (Å²) in [5.74, 6) is 0. The highest BCUT2D eigenvalue weighted by Gasteiger charge is 1.99. The molecule has 0 nitrogen and oxygen atoms in total. The predicted octanol–water partition coefficient (Wildman–Crippen LogP) is 2.12. The minimum Gasteiger partial charge on any atom is -0.104 e. The molecule has 8 heavy (non-hydrogen) atoms. The van der Waals surface area contributed by atoms with Crippen molar-refractivity contribution in [3.05, 3.63) is 0 Å². The topological polar surface area (TPSA) is 0 Å². The van der Waals surface area contributed by atoms with Crippen molar-refractivity contribution >= 4 is 17.2 Å². The van der Waals surface area contributed by atoms with E-state index < -0.39 is 0 Å². The zero-order valence-electron chi connectivity index (χ0n) is 5.98. The van der Waals surface area contributed by atoms with Gasteiger partial charge in [0.05, 0.1) is 6.16 Å². The highest BCUT2D eigenvalue weighted by molar-refractivity contribution is 7.57. The zero-order chi connectivity index (χ0) is 6.41. The molecule has 0 aliphatic heterocycles. The molecule has 0 heterocycles. The van der Waals surface area contributed by atoms with Crippen molar-refractivity contribution in [3.8, 4) is 0 Å². The summed E-state index contributed by atoms with van der Waals surface area (Å²) >= 11 is 0. The highest BCUT2D eigenvalue weighted by Crippen LogP contribution is 2.33.